The molecule has 0 aliphatic carbocycles. The van der Waals surface area contributed by atoms with Crippen molar-refractivity contribution >= 4 is 5.91 Å². The minimum absolute atomic E-state index is 0.0117. The average Bonchev–Trinajstić information content (AvgIpc) is 3.05. The van der Waals surface area contributed by atoms with Crippen molar-refractivity contribution < 1.29 is 14.1 Å². The van der Waals surface area contributed by atoms with Crippen molar-refractivity contribution in [1.29, 1.82) is 0 Å². The number of carbonyl (C=O) groups is 1. The van der Waals surface area contributed by atoms with E-state index in [4.69, 9.17) is 9.26 Å². The number of ether oxygens (including phenoxy) is 1. The number of amides is 1. The van der Waals surface area contributed by atoms with Crippen LogP contribution < -0.4 is 5.32 Å². The Kier molecular flexibility index (Phi) is 4.94. The molecule has 2 aromatic rings. The van der Waals surface area contributed by atoms with Crippen LogP contribution in [0.15, 0.2) is 29.0 Å². The van der Waals surface area contributed by atoms with Crippen molar-refractivity contribution in [2.45, 2.75) is 19.1 Å². The van der Waals surface area contributed by atoms with Gasteiger partial charge in [0.1, 0.15) is 0 Å². The topological polar surface area (TPSA) is 93.4 Å². The Morgan fingerprint density at radius 3 is 3.00 bits per heavy atom. The molecule has 1 N–H and O–H groups in total. The lowest BCUT2D eigenvalue weighted by Gasteiger charge is -2.25. The van der Waals surface area contributed by atoms with E-state index in [-0.39, 0.29) is 18.6 Å². The van der Waals surface area contributed by atoms with Crippen LogP contribution in [0, 0.1) is 0 Å². The number of hydrogen-bond acceptors (Lipinski definition) is 7. The number of hydrogen-bond donors (Lipinski definition) is 1. The molecule has 1 atom stereocenters. The minimum Gasteiger partial charge on any atom is -0.375 e. The van der Waals surface area contributed by atoms with Gasteiger partial charge >= 0.3 is 0 Å². The Balaban J connectivity index is 1.56. The molecule has 0 saturated carbocycles. The lowest BCUT2D eigenvalue weighted by molar-refractivity contribution is -0.134. The van der Waals surface area contributed by atoms with Crippen LogP contribution in [0.25, 0.3) is 11.4 Å². The van der Waals surface area contributed by atoms with Gasteiger partial charge in [-0.15, -0.1) is 0 Å². The molecule has 1 aliphatic heterocycles. The fourth-order valence-corrected chi connectivity index (χ4v) is 2.33. The molecule has 8 heteroatoms. The van der Waals surface area contributed by atoms with Crippen molar-refractivity contribution in [3.8, 4) is 11.4 Å². The zero-order valence-electron chi connectivity index (χ0n) is 12.9. The van der Waals surface area contributed by atoms with E-state index in [1.165, 1.54) is 0 Å². The van der Waals surface area contributed by atoms with Gasteiger partial charge in [-0.25, -0.2) is 0 Å². The second kappa shape index (κ2) is 7.30. The average molecular weight is 317 g/mol. The number of morpholine rings is 1. The number of nitrogens with zero attached hydrogens (tertiary/aromatic N) is 4. The highest BCUT2D eigenvalue weighted by atomic mass is 16.5. The summed E-state index contributed by atoms with van der Waals surface area (Å²) in [6.07, 6.45) is 3.60. The molecule has 8 nitrogen and oxygen atoms in total. The highest BCUT2D eigenvalue weighted by molar-refractivity contribution is 5.76. The molecule has 122 valence electrons. The second-order valence-corrected chi connectivity index (χ2v) is 5.40. The van der Waals surface area contributed by atoms with Crippen LogP contribution in [0.3, 0.4) is 0 Å². The number of rotatable bonds is 5. The first kappa shape index (κ1) is 15.6. The van der Waals surface area contributed by atoms with Crippen LogP contribution in [-0.2, 0) is 16.1 Å². The molecular formula is C15H19N5O3. The summed E-state index contributed by atoms with van der Waals surface area (Å²) in [5.41, 5.74) is 0.825. The molecule has 1 saturated heterocycles. The van der Waals surface area contributed by atoms with Crippen LogP contribution >= 0.6 is 0 Å². The third-order valence-electron chi connectivity index (χ3n) is 3.61. The van der Waals surface area contributed by atoms with Crippen molar-refractivity contribution in [1.82, 2.24) is 25.3 Å². The van der Waals surface area contributed by atoms with Gasteiger partial charge in [-0.1, -0.05) is 5.16 Å². The van der Waals surface area contributed by atoms with Crippen LogP contribution in [-0.4, -0.2) is 58.8 Å². The summed E-state index contributed by atoms with van der Waals surface area (Å²) >= 11 is 0. The van der Waals surface area contributed by atoms with E-state index >= 15 is 0 Å². The molecule has 1 aliphatic rings. The van der Waals surface area contributed by atoms with Crippen molar-refractivity contribution in [2.75, 3.05) is 26.7 Å². The molecule has 0 bridgehead atoms. The number of nitrogens with one attached hydrogen (secondary N) is 1. The number of pyridine rings is 1. The van der Waals surface area contributed by atoms with Gasteiger partial charge in [0.05, 0.1) is 25.7 Å². The van der Waals surface area contributed by atoms with E-state index in [0.717, 1.165) is 12.1 Å². The number of aromatic nitrogens is 3. The minimum atomic E-state index is -0.0752. The zero-order chi connectivity index (χ0) is 16.1. The van der Waals surface area contributed by atoms with Gasteiger partial charge in [-0.2, -0.15) is 4.98 Å². The Bertz CT molecular complexity index is 640. The summed E-state index contributed by atoms with van der Waals surface area (Å²) in [6.45, 7) is 2.45. The first-order valence-electron chi connectivity index (χ1n) is 7.51. The molecule has 0 spiro atoms. The maximum atomic E-state index is 12.2. The van der Waals surface area contributed by atoms with E-state index in [0.29, 0.717) is 31.3 Å². The molecule has 2 aromatic heterocycles. The molecular weight excluding hydrogens is 298 g/mol. The molecule has 1 unspecified atom stereocenters. The smallest absolute Gasteiger partial charge is 0.246 e. The fourth-order valence-electron chi connectivity index (χ4n) is 2.33. The van der Waals surface area contributed by atoms with Gasteiger partial charge in [0, 0.05) is 38.1 Å². The molecule has 3 heterocycles. The highest BCUT2D eigenvalue weighted by Gasteiger charge is 2.21. The Morgan fingerprint density at radius 1 is 1.43 bits per heavy atom. The van der Waals surface area contributed by atoms with Crippen LogP contribution in [0.4, 0.5) is 0 Å². The van der Waals surface area contributed by atoms with Gasteiger partial charge in [-0.3, -0.25) is 9.78 Å². The van der Waals surface area contributed by atoms with E-state index in [1.54, 1.807) is 36.5 Å². The van der Waals surface area contributed by atoms with E-state index < -0.39 is 0 Å². The SMILES string of the molecule is CN(Cc1nc(-c2ccncc2)no1)C(=O)CC1CNCCO1. The largest absolute Gasteiger partial charge is 0.375 e. The maximum Gasteiger partial charge on any atom is 0.246 e. The van der Waals surface area contributed by atoms with Gasteiger partial charge in [-0.05, 0) is 12.1 Å². The van der Waals surface area contributed by atoms with Gasteiger partial charge in [0.2, 0.25) is 17.6 Å². The quantitative estimate of drug-likeness (QED) is 0.856. The fraction of sp³-hybridized carbons (Fsp3) is 0.467. The second-order valence-electron chi connectivity index (χ2n) is 5.40. The summed E-state index contributed by atoms with van der Waals surface area (Å²) in [4.78, 5) is 22.0. The van der Waals surface area contributed by atoms with Crippen LogP contribution in [0.1, 0.15) is 12.3 Å². The predicted octanol–water partition coefficient (Wildman–Crippen LogP) is 0.468. The lowest BCUT2D eigenvalue weighted by atomic mass is 10.2. The molecule has 3 rings (SSSR count). The zero-order valence-corrected chi connectivity index (χ0v) is 12.9. The van der Waals surface area contributed by atoms with Crippen molar-refractivity contribution in [2.24, 2.45) is 0 Å². The summed E-state index contributed by atoms with van der Waals surface area (Å²) in [5, 5.41) is 7.14. The summed E-state index contributed by atoms with van der Waals surface area (Å²) in [7, 11) is 1.72. The van der Waals surface area contributed by atoms with E-state index in [1.807, 2.05) is 0 Å². The van der Waals surface area contributed by atoms with Gasteiger partial charge in [0.25, 0.3) is 0 Å². The summed E-state index contributed by atoms with van der Waals surface area (Å²) < 4.78 is 10.8. The Hall–Kier alpha value is -2.32. The molecule has 0 aromatic carbocycles. The standard InChI is InChI=1S/C15H19N5O3/c1-20(14(21)8-12-9-17-6-7-22-12)10-13-18-15(19-23-13)11-2-4-16-5-3-11/h2-5,12,17H,6-10H2,1H3. The maximum absolute atomic E-state index is 12.2. The molecule has 23 heavy (non-hydrogen) atoms. The van der Waals surface area contributed by atoms with Crippen LogP contribution in [0.5, 0.6) is 0 Å². The van der Waals surface area contributed by atoms with Crippen LogP contribution in [0.2, 0.25) is 0 Å². The highest BCUT2D eigenvalue weighted by Crippen LogP contribution is 2.15. The third kappa shape index (κ3) is 4.11. The molecule has 1 fully saturated rings. The number of carbonyl (C=O) groups excluding carboxylic acids is 1. The van der Waals surface area contributed by atoms with Crippen molar-refractivity contribution in [3.05, 3.63) is 30.4 Å². The van der Waals surface area contributed by atoms with Crippen molar-refractivity contribution in [3.63, 3.8) is 0 Å². The van der Waals surface area contributed by atoms with Gasteiger partial charge < -0.3 is 19.5 Å². The molecule has 1 amide bonds. The molecule has 0 radical (unpaired) electrons. The van der Waals surface area contributed by atoms with E-state index in [9.17, 15) is 4.79 Å². The summed E-state index contributed by atoms with van der Waals surface area (Å²) in [5.74, 6) is 0.876. The lowest BCUT2D eigenvalue weighted by Crippen LogP contribution is -2.41. The first-order chi connectivity index (χ1) is 11.2. The normalized spacial score (nSPS) is 17.9. The third-order valence-corrected chi connectivity index (χ3v) is 3.61. The van der Waals surface area contributed by atoms with Gasteiger partial charge in [0.15, 0.2) is 0 Å². The Labute approximate surface area is 133 Å². The first-order valence-corrected chi connectivity index (χ1v) is 7.51. The van der Waals surface area contributed by atoms with E-state index in [2.05, 4.69) is 20.4 Å². The predicted molar refractivity (Wildman–Crippen MR) is 81.2 cm³/mol. The summed E-state index contributed by atoms with van der Waals surface area (Å²) in [6, 6.07) is 3.60. The monoisotopic (exact) mass is 317 g/mol. The Morgan fingerprint density at radius 2 is 2.26 bits per heavy atom.